The number of ether oxygens (including phenoxy) is 1. The zero-order chi connectivity index (χ0) is 14.0. The largest absolute Gasteiger partial charge is 0.486 e. The average Bonchev–Trinajstić information content (AvgIpc) is 2.44. The zero-order valence-electron chi connectivity index (χ0n) is 12.5. The molecule has 106 valence electrons. The number of nitrogens with two attached hydrogens (primary N) is 1. The van der Waals surface area contributed by atoms with Crippen LogP contribution in [0.1, 0.15) is 33.3 Å². The van der Waals surface area contributed by atoms with E-state index in [0.717, 1.165) is 18.7 Å². The molecule has 2 unspecified atom stereocenters. The molecule has 0 fully saturated rings. The van der Waals surface area contributed by atoms with Gasteiger partial charge in [0.05, 0.1) is 12.2 Å². The lowest BCUT2D eigenvalue weighted by atomic mass is 10.0. The van der Waals surface area contributed by atoms with Crippen molar-refractivity contribution in [3.05, 3.63) is 23.8 Å². The van der Waals surface area contributed by atoms with Crippen molar-refractivity contribution in [3.63, 3.8) is 0 Å². The third kappa shape index (κ3) is 2.86. The number of benzene rings is 1. The highest BCUT2D eigenvalue weighted by Crippen LogP contribution is 2.36. The maximum Gasteiger partial charge on any atom is 0.143 e. The first kappa shape index (κ1) is 14.2. The summed E-state index contributed by atoms with van der Waals surface area (Å²) < 4.78 is 6.14. The first-order valence-electron chi connectivity index (χ1n) is 7.33. The predicted molar refractivity (Wildman–Crippen MR) is 80.9 cm³/mol. The van der Waals surface area contributed by atoms with Gasteiger partial charge in [-0.3, -0.25) is 0 Å². The Bertz CT molecular complexity index is 431. The summed E-state index contributed by atoms with van der Waals surface area (Å²) in [5.74, 6) is 1.51. The van der Waals surface area contributed by atoms with E-state index in [1.807, 2.05) is 0 Å². The van der Waals surface area contributed by atoms with Crippen molar-refractivity contribution >= 4 is 5.69 Å². The highest BCUT2D eigenvalue weighted by Gasteiger charge is 2.30. The Kier molecular flexibility index (Phi) is 4.35. The summed E-state index contributed by atoms with van der Waals surface area (Å²) in [6.45, 7) is 10.4. The normalized spacial score (nSPS) is 20.1. The topological polar surface area (TPSA) is 38.5 Å². The molecule has 2 atom stereocenters. The van der Waals surface area contributed by atoms with Gasteiger partial charge < -0.3 is 15.4 Å². The molecule has 1 aliphatic rings. The summed E-state index contributed by atoms with van der Waals surface area (Å²) in [5, 5.41) is 0. The van der Waals surface area contributed by atoms with E-state index in [9.17, 15) is 0 Å². The maximum absolute atomic E-state index is 6.14. The molecule has 0 aromatic heterocycles. The minimum atomic E-state index is 0.244. The van der Waals surface area contributed by atoms with Gasteiger partial charge in [-0.1, -0.05) is 26.8 Å². The van der Waals surface area contributed by atoms with E-state index in [4.69, 9.17) is 10.5 Å². The third-order valence-electron chi connectivity index (χ3n) is 4.01. The number of hydrogen-bond donors (Lipinski definition) is 1. The van der Waals surface area contributed by atoms with E-state index in [1.165, 1.54) is 11.3 Å². The van der Waals surface area contributed by atoms with Gasteiger partial charge in [0.15, 0.2) is 0 Å². The van der Waals surface area contributed by atoms with Crippen LogP contribution in [0.25, 0.3) is 0 Å². The highest BCUT2D eigenvalue weighted by molar-refractivity contribution is 5.62. The van der Waals surface area contributed by atoms with Crippen LogP contribution in [0, 0.1) is 5.92 Å². The lowest BCUT2D eigenvalue weighted by molar-refractivity contribution is 0.143. The van der Waals surface area contributed by atoms with Crippen LogP contribution in [0.2, 0.25) is 0 Å². The summed E-state index contributed by atoms with van der Waals surface area (Å²) in [5.41, 5.74) is 8.42. The molecule has 3 nitrogen and oxygen atoms in total. The molecule has 1 aromatic rings. The van der Waals surface area contributed by atoms with Crippen LogP contribution >= 0.6 is 0 Å². The lowest BCUT2D eigenvalue weighted by Crippen LogP contribution is -2.49. The summed E-state index contributed by atoms with van der Waals surface area (Å²) in [6, 6.07) is 6.86. The van der Waals surface area contributed by atoms with Gasteiger partial charge in [0.2, 0.25) is 0 Å². The Hall–Kier alpha value is -1.22. The van der Waals surface area contributed by atoms with Crippen molar-refractivity contribution in [3.8, 4) is 5.75 Å². The number of anilines is 1. The molecule has 0 saturated heterocycles. The summed E-state index contributed by atoms with van der Waals surface area (Å²) >= 11 is 0. The van der Waals surface area contributed by atoms with Gasteiger partial charge in [0, 0.05) is 12.6 Å². The SMILES string of the molecule is CCc1ccc2c(c1)N(C(C)CN)CC(C(C)C)O2. The van der Waals surface area contributed by atoms with E-state index in [1.54, 1.807) is 0 Å². The second-order valence-electron chi connectivity index (χ2n) is 5.79. The summed E-state index contributed by atoms with van der Waals surface area (Å²) in [7, 11) is 0. The molecule has 0 saturated carbocycles. The third-order valence-corrected chi connectivity index (χ3v) is 4.01. The fourth-order valence-electron chi connectivity index (χ4n) is 2.49. The van der Waals surface area contributed by atoms with Crippen molar-refractivity contribution in [2.75, 3.05) is 18.0 Å². The second kappa shape index (κ2) is 5.83. The van der Waals surface area contributed by atoms with Crippen LogP contribution in [0.4, 0.5) is 5.69 Å². The van der Waals surface area contributed by atoms with Crippen LogP contribution in [0.3, 0.4) is 0 Å². The zero-order valence-corrected chi connectivity index (χ0v) is 12.5. The Morgan fingerprint density at radius 2 is 2.11 bits per heavy atom. The van der Waals surface area contributed by atoms with E-state index < -0.39 is 0 Å². The average molecular weight is 262 g/mol. The van der Waals surface area contributed by atoms with Crippen LogP contribution in [-0.2, 0) is 6.42 Å². The fraction of sp³-hybridized carbons (Fsp3) is 0.625. The van der Waals surface area contributed by atoms with Crippen molar-refractivity contribution < 1.29 is 4.74 Å². The molecule has 0 radical (unpaired) electrons. The molecule has 0 amide bonds. The number of hydrogen-bond acceptors (Lipinski definition) is 3. The molecule has 1 aliphatic heterocycles. The molecule has 0 spiro atoms. The molecule has 3 heteroatoms. The maximum atomic E-state index is 6.14. The van der Waals surface area contributed by atoms with E-state index in [2.05, 4.69) is 50.8 Å². The van der Waals surface area contributed by atoms with Crippen molar-refractivity contribution in [1.82, 2.24) is 0 Å². The van der Waals surface area contributed by atoms with Gasteiger partial charge in [0.25, 0.3) is 0 Å². The Morgan fingerprint density at radius 3 is 2.68 bits per heavy atom. The molecule has 19 heavy (non-hydrogen) atoms. The van der Waals surface area contributed by atoms with Crippen LogP contribution in [-0.4, -0.2) is 25.2 Å². The van der Waals surface area contributed by atoms with E-state index >= 15 is 0 Å². The molecule has 1 heterocycles. The number of aryl methyl sites for hydroxylation is 1. The molecule has 1 aromatic carbocycles. The summed E-state index contributed by atoms with van der Waals surface area (Å²) in [4.78, 5) is 2.41. The van der Waals surface area contributed by atoms with Gasteiger partial charge in [-0.05, 0) is 37.0 Å². The molecule has 2 N–H and O–H groups in total. The molecular weight excluding hydrogens is 236 g/mol. The quantitative estimate of drug-likeness (QED) is 0.907. The van der Waals surface area contributed by atoms with E-state index in [0.29, 0.717) is 18.5 Å². The van der Waals surface area contributed by atoms with Crippen LogP contribution < -0.4 is 15.4 Å². The van der Waals surface area contributed by atoms with Gasteiger partial charge in [-0.25, -0.2) is 0 Å². The lowest BCUT2D eigenvalue weighted by Gasteiger charge is -2.41. The van der Waals surface area contributed by atoms with Gasteiger partial charge >= 0.3 is 0 Å². The van der Waals surface area contributed by atoms with Crippen LogP contribution in [0.15, 0.2) is 18.2 Å². The van der Waals surface area contributed by atoms with Crippen molar-refractivity contribution in [2.24, 2.45) is 11.7 Å². The van der Waals surface area contributed by atoms with Gasteiger partial charge in [-0.2, -0.15) is 0 Å². The van der Waals surface area contributed by atoms with Gasteiger partial charge in [-0.15, -0.1) is 0 Å². The van der Waals surface area contributed by atoms with Gasteiger partial charge in [0.1, 0.15) is 11.9 Å². The monoisotopic (exact) mass is 262 g/mol. The van der Waals surface area contributed by atoms with Crippen molar-refractivity contribution in [1.29, 1.82) is 0 Å². The molecule has 0 aliphatic carbocycles. The summed E-state index contributed by atoms with van der Waals surface area (Å²) in [6.07, 6.45) is 1.29. The first-order valence-corrected chi connectivity index (χ1v) is 7.33. The highest BCUT2D eigenvalue weighted by atomic mass is 16.5. The second-order valence-corrected chi connectivity index (χ2v) is 5.79. The van der Waals surface area contributed by atoms with Crippen molar-refractivity contribution in [2.45, 2.75) is 46.3 Å². The minimum Gasteiger partial charge on any atom is -0.486 e. The first-order chi connectivity index (χ1) is 9.06. The fourth-order valence-corrected chi connectivity index (χ4v) is 2.49. The number of rotatable bonds is 4. The molecule has 0 bridgehead atoms. The predicted octanol–water partition coefficient (Wildman–Crippen LogP) is 2.82. The molecule has 2 rings (SSSR count). The number of nitrogens with zero attached hydrogens (tertiary/aromatic N) is 1. The number of fused-ring (bicyclic) bond motifs is 1. The Morgan fingerprint density at radius 1 is 1.37 bits per heavy atom. The smallest absolute Gasteiger partial charge is 0.143 e. The minimum absolute atomic E-state index is 0.244. The van der Waals surface area contributed by atoms with E-state index in [-0.39, 0.29) is 6.10 Å². The Labute approximate surface area is 116 Å². The molecular formula is C16H26N2O. The standard InChI is InChI=1S/C16H26N2O/c1-5-13-6-7-15-14(8-13)18(12(4)9-17)10-16(19-15)11(2)3/h6-8,11-12,16H,5,9-10,17H2,1-4H3. The Balaban J connectivity index is 2.38. The van der Waals surface area contributed by atoms with Crippen LogP contribution in [0.5, 0.6) is 5.75 Å².